The lowest BCUT2D eigenvalue weighted by Crippen LogP contribution is -2.49. The molecule has 3 aliphatic rings. The molecule has 2 saturated heterocycles. The maximum Gasteiger partial charge on any atom is 0.146 e. The van der Waals surface area contributed by atoms with Gasteiger partial charge in [-0.05, 0) is 72.7 Å². The molecule has 0 aliphatic carbocycles. The van der Waals surface area contributed by atoms with E-state index in [0.717, 1.165) is 68.3 Å². The van der Waals surface area contributed by atoms with E-state index < -0.39 is 0 Å². The Morgan fingerprint density at radius 2 is 1.85 bits per heavy atom. The van der Waals surface area contributed by atoms with Gasteiger partial charge in [0.05, 0.1) is 6.67 Å². The number of allylic oxidation sites excluding steroid dienone is 1. The van der Waals surface area contributed by atoms with Crippen LogP contribution in [0.15, 0.2) is 48.0 Å². The monoisotopic (exact) mass is 453 g/mol. The van der Waals surface area contributed by atoms with E-state index in [4.69, 9.17) is 14.2 Å². The Kier molecular flexibility index (Phi) is 6.56. The highest BCUT2D eigenvalue weighted by Crippen LogP contribution is 2.47. The van der Waals surface area contributed by atoms with E-state index in [-0.39, 0.29) is 24.4 Å². The SMILES string of the molecule is CC1=C(C2CCOCC2)C(c2ccc(OCCN3CC(CF)C3)cc2)Oc2ccc(O)cc21. The number of phenolic OH excluding ortho intramolecular Hbond substituents is 1. The number of alkyl halides is 1. The molecule has 1 N–H and O–H groups in total. The van der Waals surface area contributed by atoms with Gasteiger partial charge in [-0.3, -0.25) is 9.29 Å². The first-order valence-electron chi connectivity index (χ1n) is 11.9. The third-order valence-corrected chi connectivity index (χ3v) is 7.10. The summed E-state index contributed by atoms with van der Waals surface area (Å²) in [5.41, 5.74) is 4.53. The van der Waals surface area contributed by atoms with Crippen LogP contribution in [-0.4, -0.2) is 56.1 Å². The number of phenols is 1. The normalized spacial score (nSPS) is 21.9. The highest BCUT2D eigenvalue weighted by Gasteiger charge is 2.34. The Bertz CT molecular complexity index is 994. The van der Waals surface area contributed by atoms with Crippen LogP contribution in [-0.2, 0) is 4.74 Å². The molecular formula is C27H32FNO4. The van der Waals surface area contributed by atoms with Crippen LogP contribution < -0.4 is 9.47 Å². The van der Waals surface area contributed by atoms with Crippen LogP contribution >= 0.6 is 0 Å². The van der Waals surface area contributed by atoms with Crippen LogP contribution in [0.4, 0.5) is 4.39 Å². The van der Waals surface area contributed by atoms with Crippen LogP contribution in [0.25, 0.3) is 5.57 Å². The van der Waals surface area contributed by atoms with Crippen LogP contribution in [0, 0.1) is 11.8 Å². The van der Waals surface area contributed by atoms with Crippen molar-refractivity contribution in [3.63, 3.8) is 0 Å². The number of halogens is 1. The Hall–Kier alpha value is -2.57. The molecule has 3 heterocycles. The van der Waals surface area contributed by atoms with Gasteiger partial charge in [0.1, 0.15) is 30.0 Å². The fraction of sp³-hybridized carbons (Fsp3) is 0.481. The fourth-order valence-electron chi connectivity index (χ4n) is 5.22. The third-order valence-electron chi connectivity index (χ3n) is 7.10. The predicted molar refractivity (Wildman–Crippen MR) is 125 cm³/mol. The summed E-state index contributed by atoms with van der Waals surface area (Å²) in [5.74, 6) is 2.47. The van der Waals surface area contributed by atoms with Crippen molar-refractivity contribution in [2.24, 2.45) is 11.8 Å². The van der Waals surface area contributed by atoms with Gasteiger partial charge in [-0.15, -0.1) is 0 Å². The Morgan fingerprint density at radius 3 is 2.58 bits per heavy atom. The molecule has 0 radical (unpaired) electrons. The van der Waals surface area contributed by atoms with Crippen LogP contribution in [0.1, 0.15) is 37.0 Å². The van der Waals surface area contributed by atoms with Crippen LogP contribution in [0.3, 0.4) is 0 Å². The highest BCUT2D eigenvalue weighted by molar-refractivity contribution is 5.76. The number of benzene rings is 2. The minimum absolute atomic E-state index is 0.169. The molecule has 33 heavy (non-hydrogen) atoms. The first kappa shape index (κ1) is 22.2. The largest absolute Gasteiger partial charge is 0.508 e. The first-order chi connectivity index (χ1) is 16.1. The summed E-state index contributed by atoms with van der Waals surface area (Å²) < 4.78 is 30.6. The molecule has 1 atom stereocenters. The molecule has 2 aromatic carbocycles. The molecule has 0 bridgehead atoms. The second kappa shape index (κ2) is 9.74. The van der Waals surface area contributed by atoms with E-state index in [2.05, 4.69) is 24.0 Å². The van der Waals surface area contributed by atoms with Gasteiger partial charge in [-0.2, -0.15) is 0 Å². The number of nitrogens with zero attached hydrogens (tertiary/aromatic N) is 1. The lowest BCUT2D eigenvalue weighted by Gasteiger charge is -2.37. The molecule has 176 valence electrons. The maximum absolute atomic E-state index is 12.6. The molecular weight excluding hydrogens is 421 g/mol. The van der Waals surface area contributed by atoms with E-state index in [0.29, 0.717) is 12.5 Å². The Labute approximate surface area is 194 Å². The van der Waals surface area contributed by atoms with E-state index >= 15 is 0 Å². The zero-order chi connectivity index (χ0) is 22.8. The minimum atomic E-state index is -0.225. The molecule has 5 rings (SSSR count). The summed E-state index contributed by atoms with van der Waals surface area (Å²) in [4.78, 5) is 2.22. The number of aromatic hydroxyl groups is 1. The first-order valence-corrected chi connectivity index (χ1v) is 11.9. The molecule has 2 aromatic rings. The summed E-state index contributed by atoms with van der Waals surface area (Å²) in [6, 6.07) is 13.5. The topological polar surface area (TPSA) is 51.2 Å². The van der Waals surface area contributed by atoms with Gasteiger partial charge >= 0.3 is 0 Å². The molecule has 6 heteroatoms. The molecule has 1 unspecified atom stereocenters. The zero-order valence-electron chi connectivity index (χ0n) is 19.1. The van der Waals surface area contributed by atoms with Crippen molar-refractivity contribution in [1.29, 1.82) is 0 Å². The average Bonchev–Trinajstić information content (AvgIpc) is 2.82. The molecule has 0 amide bonds. The third kappa shape index (κ3) is 4.73. The van der Waals surface area contributed by atoms with Gasteiger partial charge in [-0.25, -0.2) is 0 Å². The summed E-state index contributed by atoms with van der Waals surface area (Å²) in [5, 5.41) is 10.0. The molecule has 0 aromatic heterocycles. The van der Waals surface area contributed by atoms with Crippen LogP contribution in [0.2, 0.25) is 0 Å². The lowest BCUT2D eigenvalue weighted by atomic mass is 9.79. The Morgan fingerprint density at radius 1 is 1.09 bits per heavy atom. The zero-order valence-corrected chi connectivity index (χ0v) is 19.1. The number of likely N-dealkylation sites (tertiary alicyclic amines) is 1. The van der Waals surface area contributed by atoms with Crippen molar-refractivity contribution >= 4 is 5.57 Å². The van der Waals surface area contributed by atoms with Gasteiger partial charge in [0.2, 0.25) is 0 Å². The minimum Gasteiger partial charge on any atom is -0.508 e. The van der Waals surface area contributed by atoms with E-state index in [1.807, 2.05) is 18.2 Å². The van der Waals surface area contributed by atoms with Gasteiger partial charge in [0.15, 0.2) is 0 Å². The number of hydrogen-bond donors (Lipinski definition) is 1. The number of hydrogen-bond acceptors (Lipinski definition) is 5. The van der Waals surface area contributed by atoms with Gasteiger partial charge in [0, 0.05) is 44.3 Å². The van der Waals surface area contributed by atoms with Crippen molar-refractivity contribution < 1.29 is 23.7 Å². The van der Waals surface area contributed by atoms with Crippen molar-refractivity contribution in [2.75, 3.05) is 46.1 Å². The summed E-state index contributed by atoms with van der Waals surface area (Å²) >= 11 is 0. The van der Waals surface area contributed by atoms with Gasteiger partial charge in [-0.1, -0.05) is 12.1 Å². The standard InChI is InChI=1S/C27H32FNO4/c1-18-24-14-22(30)4-7-25(24)33-27(26(18)20-8-11-31-12-9-20)21-2-5-23(6-3-21)32-13-10-29-16-19(15-28)17-29/h2-7,14,19-20,27,30H,8-13,15-17H2,1H3. The van der Waals surface area contributed by atoms with Crippen molar-refractivity contribution in [2.45, 2.75) is 25.9 Å². The second-order valence-electron chi connectivity index (χ2n) is 9.34. The number of rotatable bonds is 7. The quantitative estimate of drug-likeness (QED) is 0.639. The highest BCUT2D eigenvalue weighted by atomic mass is 19.1. The fourth-order valence-corrected chi connectivity index (χ4v) is 5.22. The van der Waals surface area contributed by atoms with Gasteiger partial charge < -0.3 is 19.3 Å². The molecule has 5 nitrogen and oxygen atoms in total. The lowest BCUT2D eigenvalue weighted by molar-refractivity contribution is 0.0668. The van der Waals surface area contributed by atoms with Crippen LogP contribution in [0.5, 0.6) is 17.2 Å². The smallest absolute Gasteiger partial charge is 0.146 e. The predicted octanol–water partition coefficient (Wildman–Crippen LogP) is 5.01. The number of ether oxygens (including phenoxy) is 3. The van der Waals surface area contributed by atoms with Crippen molar-refractivity contribution in [3.05, 3.63) is 59.2 Å². The molecule has 2 fully saturated rings. The summed E-state index contributed by atoms with van der Waals surface area (Å²) in [7, 11) is 0. The van der Waals surface area contributed by atoms with Crippen molar-refractivity contribution in [3.8, 4) is 17.2 Å². The molecule has 0 saturated carbocycles. The second-order valence-corrected chi connectivity index (χ2v) is 9.34. The maximum atomic E-state index is 12.6. The average molecular weight is 454 g/mol. The Balaban J connectivity index is 1.32. The van der Waals surface area contributed by atoms with E-state index in [1.54, 1.807) is 12.1 Å². The van der Waals surface area contributed by atoms with E-state index in [1.165, 1.54) is 11.1 Å². The van der Waals surface area contributed by atoms with E-state index in [9.17, 15) is 9.50 Å². The summed E-state index contributed by atoms with van der Waals surface area (Å²) in [6.45, 7) is 6.52. The summed E-state index contributed by atoms with van der Waals surface area (Å²) in [6.07, 6.45) is 1.78. The van der Waals surface area contributed by atoms with Gasteiger partial charge in [0.25, 0.3) is 0 Å². The number of fused-ring (bicyclic) bond motifs is 1. The van der Waals surface area contributed by atoms with Crippen molar-refractivity contribution in [1.82, 2.24) is 4.90 Å². The molecule has 0 spiro atoms. The molecule has 3 aliphatic heterocycles.